The van der Waals surface area contributed by atoms with Gasteiger partial charge in [-0.3, -0.25) is 0 Å². The van der Waals surface area contributed by atoms with Gasteiger partial charge in [-0.25, -0.2) is 0 Å². The Morgan fingerprint density at radius 1 is 1.55 bits per heavy atom. The van der Waals surface area contributed by atoms with E-state index in [1.807, 2.05) is 13.8 Å². The van der Waals surface area contributed by atoms with Crippen molar-refractivity contribution in [1.82, 2.24) is 0 Å². The van der Waals surface area contributed by atoms with Crippen molar-refractivity contribution in [2.45, 2.75) is 19.4 Å². The van der Waals surface area contributed by atoms with Crippen molar-refractivity contribution in [1.29, 1.82) is 0 Å². The van der Waals surface area contributed by atoms with Crippen LogP contribution < -0.4 is 5.73 Å². The first-order valence-electron chi connectivity index (χ1n) is 3.51. The molecule has 2 heteroatoms. The van der Waals surface area contributed by atoms with Gasteiger partial charge in [0.15, 0.2) is 0 Å². The van der Waals surface area contributed by atoms with E-state index in [0.29, 0.717) is 5.56 Å². The molecule has 0 saturated carbocycles. The second-order valence-corrected chi connectivity index (χ2v) is 3.15. The summed E-state index contributed by atoms with van der Waals surface area (Å²) in [6, 6.07) is 7.98. The summed E-state index contributed by atoms with van der Waals surface area (Å²) in [6.45, 7) is 3.66. The van der Waals surface area contributed by atoms with E-state index in [-0.39, 0.29) is 5.75 Å². The third-order valence-electron chi connectivity index (χ3n) is 1.48. The Hall–Kier alpha value is -1.02. The maximum absolute atomic E-state index is 9.33. The van der Waals surface area contributed by atoms with Gasteiger partial charge in [-0.05, 0) is 26.0 Å². The molecule has 0 saturated heterocycles. The molecule has 0 fully saturated rings. The lowest BCUT2D eigenvalue weighted by molar-refractivity contribution is 0.440. The Bertz CT molecular complexity index is 250. The van der Waals surface area contributed by atoms with Crippen molar-refractivity contribution in [2.75, 3.05) is 0 Å². The van der Waals surface area contributed by atoms with Gasteiger partial charge in [-0.1, -0.05) is 12.1 Å². The van der Waals surface area contributed by atoms with Crippen LogP contribution in [0.5, 0.6) is 5.75 Å². The highest BCUT2D eigenvalue weighted by molar-refractivity contribution is 5.35. The van der Waals surface area contributed by atoms with Gasteiger partial charge in [0.1, 0.15) is 5.75 Å². The molecule has 1 aromatic carbocycles. The van der Waals surface area contributed by atoms with E-state index in [1.165, 1.54) is 0 Å². The van der Waals surface area contributed by atoms with Crippen LogP contribution in [0.4, 0.5) is 0 Å². The maximum atomic E-state index is 9.33. The standard InChI is InChI=1S/C9H12NO/c1-9(2,10)7-5-3-4-6-8(7)11/h3-4,6,11H,10H2,1-2H3. The summed E-state index contributed by atoms with van der Waals surface area (Å²) < 4.78 is 0. The predicted octanol–water partition coefficient (Wildman–Crippen LogP) is 1.39. The van der Waals surface area contributed by atoms with Gasteiger partial charge in [-0.15, -0.1) is 0 Å². The first-order chi connectivity index (χ1) is 5.02. The summed E-state index contributed by atoms with van der Waals surface area (Å²) >= 11 is 0. The molecular weight excluding hydrogens is 138 g/mol. The average molecular weight is 150 g/mol. The van der Waals surface area contributed by atoms with Crippen molar-refractivity contribution in [2.24, 2.45) is 5.73 Å². The second-order valence-electron chi connectivity index (χ2n) is 3.15. The third kappa shape index (κ3) is 1.71. The Morgan fingerprint density at radius 2 is 2.18 bits per heavy atom. The Labute approximate surface area is 66.7 Å². The average Bonchev–Trinajstić information content (AvgIpc) is 1.86. The van der Waals surface area contributed by atoms with E-state index in [4.69, 9.17) is 5.73 Å². The van der Waals surface area contributed by atoms with Gasteiger partial charge in [0.05, 0.1) is 0 Å². The van der Waals surface area contributed by atoms with Gasteiger partial charge in [0.2, 0.25) is 0 Å². The molecule has 1 rings (SSSR count). The Kier molecular flexibility index (Phi) is 1.87. The minimum Gasteiger partial charge on any atom is -0.508 e. The summed E-state index contributed by atoms with van der Waals surface area (Å²) in [5.41, 5.74) is 5.90. The van der Waals surface area contributed by atoms with Crippen LogP contribution in [-0.4, -0.2) is 5.11 Å². The van der Waals surface area contributed by atoms with E-state index in [1.54, 1.807) is 18.2 Å². The number of hydrogen-bond acceptors (Lipinski definition) is 2. The normalized spacial score (nSPS) is 11.5. The zero-order valence-corrected chi connectivity index (χ0v) is 6.76. The van der Waals surface area contributed by atoms with Crippen molar-refractivity contribution in [3.63, 3.8) is 0 Å². The predicted molar refractivity (Wildman–Crippen MR) is 44.2 cm³/mol. The molecule has 1 aromatic rings. The lowest BCUT2D eigenvalue weighted by Crippen LogP contribution is -2.28. The van der Waals surface area contributed by atoms with Gasteiger partial charge < -0.3 is 10.8 Å². The Morgan fingerprint density at radius 3 is 2.55 bits per heavy atom. The number of phenols is 1. The molecule has 0 unspecified atom stereocenters. The molecule has 0 heterocycles. The molecule has 0 bridgehead atoms. The van der Waals surface area contributed by atoms with Crippen molar-refractivity contribution in [3.8, 4) is 5.75 Å². The molecule has 1 radical (unpaired) electrons. The fourth-order valence-corrected chi connectivity index (χ4v) is 0.944. The lowest BCUT2D eigenvalue weighted by Gasteiger charge is -2.19. The van der Waals surface area contributed by atoms with E-state index in [0.717, 1.165) is 0 Å². The highest BCUT2D eigenvalue weighted by Gasteiger charge is 2.17. The van der Waals surface area contributed by atoms with Crippen LogP contribution >= 0.6 is 0 Å². The monoisotopic (exact) mass is 150 g/mol. The topological polar surface area (TPSA) is 46.2 Å². The van der Waals surface area contributed by atoms with Crippen molar-refractivity contribution < 1.29 is 5.11 Å². The molecule has 0 aliphatic carbocycles. The van der Waals surface area contributed by atoms with Gasteiger partial charge in [0.25, 0.3) is 0 Å². The van der Waals surface area contributed by atoms with Gasteiger partial charge in [0, 0.05) is 11.1 Å². The fourth-order valence-electron chi connectivity index (χ4n) is 0.944. The summed E-state index contributed by atoms with van der Waals surface area (Å²) in [6.07, 6.45) is 0. The Balaban J connectivity index is 3.14. The minimum atomic E-state index is -0.522. The first kappa shape index (κ1) is 8.08. The van der Waals surface area contributed by atoms with Crippen molar-refractivity contribution in [3.05, 3.63) is 29.8 Å². The van der Waals surface area contributed by atoms with E-state index in [2.05, 4.69) is 6.07 Å². The molecule has 3 N–H and O–H groups in total. The van der Waals surface area contributed by atoms with Crippen molar-refractivity contribution >= 4 is 0 Å². The van der Waals surface area contributed by atoms with Crippen LogP contribution in [0.25, 0.3) is 0 Å². The van der Waals surface area contributed by atoms with Crippen LogP contribution in [-0.2, 0) is 5.54 Å². The SMILES string of the molecule is CC(C)(N)c1[c]cccc1O. The molecular formula is C9H12NO. The second kappa shape index (κ2) is 2.55. The minimum absolute atomic E-state index is 0.208. The number of benzene rings is 1. The summed E-state index contributed by atoms with van der Waals surface area (Å²) in [4.78, 5) is 0. The van der Waals surface area contributed by atoms with Crippen LogP contribution in [0.1, 0.15) is 19.4 Å². The van der Waals surface area contributed by atoms with Gasteiger partial charge >= 0.3 is 0 Å². The molecule has 2 nitrogen and oxygen atoms in total. The van der Waals surface area contributed by atoms with Crippen LogP contribution in [0.15, 0.2) is 18.2 Å². The summed E-state index contributed by atoms with van der Waals surface area (Å²) in [5, 5.41) is 9.33. The van der Waals surface area contributed by atoms with Crippen LogP contribution in [0.3, 0.4) is 0 Å². The highest BCUT2D eigenvalue weighted by Crippen LogP contribution is 2.25. The molecule has 0 amide bonds. The number of phenolic OH excluding ortho intramolecular Hbond substituents is 1. The first-order valence-corrected chi connectivity index (χ1v) is 3.51. The van der Waals surface area contributed by atoms with Crippen LogP contribution in [0, 0.1) is 6.07 Å². The number of rotatable bonds is 1. The maximum Gasteiger partial charge on any atom is 0.121 e. The third-order valence-corrected chi connectivity index (χ3v) is 1.48. The molecule has 0 aliphatic heterocycles. The number of hydrogen-bond donors (Lipinski definition) is 2. The summed E-state index contributed by atoms with van der Waals surface area (Å²) in [5.74, 6) is 0.208. The lowest BCUT2D eigenvalue weighted by atomic mass is 9.95. The largest absolute Gasteiger partial charge is 0.508 e. The number of aromatic hydroxyl groups is 1. The molecule has 59 valence electrons. The van der Waals surface area contributed by atoms with E-state index in [9.17, 15) is 5.11 Å². The molecule has 0 atom stereocenters. The highest BCUT2D eigenvalue weighted by atomic mass is 16.3. The molecule has 0 spiro atoms. The molecule has 11 heavy (non-hydrogen) atoms. The van der Waals surface area contributed by atoms with Gasteiger partial charge in [-0.2, -0.15) is 0 Å². The van der Waals surface area contributed by atoms with Crippen LogP contribution in [0.2, 0.25) is 0 Å². The number of nitrogens with two attached hydrogens (primary N) is 1. The molecule has 0 aliphatic rings. The van der Waals surface area contributed by atoms with E-state index >= 15 is 0 Å². The molecule has 0 aromatic heterocycles. The fraction of sp³-hybridized carbons (Fsp3) is 0.333. The summed E-state index contributed by atoms with van der Waals surface area (Å²) in [7, 11) is 0. The van der Waals surface area contributed by atoms with E-state index < -0.39 is 5.54 Å². The smallest absolute Gasteiger partial charge is 0.121 e. The quantitative estimate of drug-likeness (QED) is 0.635. The zero-order chi connectivity index (χ0) is 8.48. The zero-order valence-electron chi connectivity index (χ0n) is 6.76.